The van der Waals surface area contributed by atoms with Gasteiger partial charge in [0.15, 0.2) is 0 Å². The summed E-state index contributed by atoms with van der Waals surface area (Å²) in [6.45, 7) is 7.28. The highest BCUT2D eigenvalue weighted by Crippen LogP contribution is 2.31. The molecule has 3 rings (SSSR count). The van der Waals surface area contributed by atoms with Crippen LogP contribution in [-0.2, 0) is 16.6 Å². The number of rotatable bonds is 8. The van der Waals surface area contributed by atoms with Crippen molar-refractivity contribution in [2.45, 2.75) is 40.3 Å². The van der Waals surface area contributed by atoms with E-state index in [2.05, 4.69) is 15.4 Å². The number of nitrogens with one attached hydrogen (secondary N) is 2. The lowest BCUT2D eigenvalue weighted by atomic mass is 10.1. The number of hydrogen-bond donors (Lipinski definition) is 2. The van der Waals surface area contributed by atoms with Gasteiger partial charge in [-0.2, -0.15) is 9.40 Å². The van der Waals surface area contributed by atoms with Crippen molar-refractivity contribution in [3.05, 3.63) is 62.8 Å². The van der Waals surface area contributed by atoms with Crippen LogP contribution in [0.5, 0.6) is 5.75 Å². The Hall–Kier alpha value is -3.18. The first-order valence-corrected chi connectivity index (χ1v) is 12.3. The highest BCUT2D eigenvalue weighted by molar-refractivity contribution is 7.88. The fourth-order valence-electron chi connectivity index (χ4n) is 4.23. The number of hydrogen-bond acceptors (Lipinski definition) is 6. The van der Waals surface area contributed by atoms with E-state index < -0.39 is 22.0 Å². The quantitative estimate of drug-likeness (QED) is 0.513. The fourth-order valence-corrected chi connectivity index (χ4v) is 5.38. The Kier molecular flexibility index (Phi) is 6.94. The molecular weight excluding hydrogens is 446 g/mol. The number of pyridine rings is 1. The standard InChI is InChI=1S/C22H29N5O5S/c1-7-26(33(6,30)31)15(4)20-14(3)19(17-9-8-10-24-27(17)20)22(29)23-12-16-18(32-5)11-13(2)25-21(16)28/h8-11,15H,7,12H2,1-6H3,(H,23,29)(H,25,28)/t15-/m0/s1. The number of nitrogens with zero attached hydrogens (tertiary/aromatic N) is 3. The second-order valence-electron chi connectivity index (χ2n) is 7.86. The normalized spacial score (nSPS) is 12.8. The number of fused-ring (bicyclic) bond motifs is 1. The van der Waals surface area contributed by atoms with Gasteiger partial charge in [-0.05, 0) is 44.5 Å². The first-order valence-electron chi connectivity index (χ1n) is 10.5. The summed E-state index contributed by atoms with van der Waals surface area (Å²) in [5.41, 5.74) is 2.75. The summed E-state index contributed by atoms with van der Waals surface area (Å²) in [5.74, 6) is -0.0152. The molecule has 0 aromatic carbocycles. The van der Waals surface area contributed by atoms with Crippen molar-refractivity contribution >= 4 is 21.4 Å². The molecule has 0 saturated carbocycles. The van der Waals surface area contributed by atoms with Gasteiger partial charge in [-0.15, -0.1) is 0 Å². The van der Waals surface area contributed by atoms with E-state index in [1.807, 2.05) is 0 Å². The number of aromatic amines is 1. The highest BCUT2D eigenvalue weighted by Gasteiger charge is 2.30. The second-order valence-corrected chi connectivity index (χ2v) is 9.79. The maximum absolute atomic E-state index is 13.3. The van der Waals surface area contributed by atoms with Gasteiger partial charge in [-0.3, -0.25) is 9.59 Å². The van der Waals surface area contributed by atoms with Crippen molar-refractivity contribution < 1.29 is 17.9 Å². The van der Waals surface area contributed by atoms with E-state index in [1.165, 1.54) is 11.4 Å². The van der Waals surface area contributed by atoms with Gasteiger partial charge in [0.2, 0.25) is 10.0 Å². The summed E-state index contributed by atoms with van der Waals surface area (Å²) < 4.78 is 32.9. The number of amides is 1. The molecule has 0 fully saturated rings. The number of methoxy groups -OCH3 is 1. The van der Waals surface area contributed by atoms with Gasteiger partial charge in [-0.25, -0.2) is 12.9 Å². The third-order valence-corrected chi connectivity index (χ3v) is 7.09. The molecular formula is C22H29N5O5S. The van der Waals surface area contributed by atoms with Crippen molar-refractivity contribution in [2.75, 3.05) is 19.9 Å². The van der Waals surface area contributed by atoms with Gasteiger partial charge in [-0.1, -0.05) is 6.92 Å². The Morgan fingerprint density at radius 1 is 1.36 bits per heavy atom. The third-order valence-electron chi connectivity index (χ3n) is 5.66. The van der Waals surface area contributed by atoms with Crippen molar-refractivity contribution in [1.82, 2.24) is 24.2 Å². The van der Waals surface area contributed by atoms with Gasteiger partial charge in [0.1, 0.15) is 5.75 Å². The summed E-state index contributed by atoms with van der Waals surface area (Å²) >= 11 is 0. The topological polar surface area (TPSA) is 126 Å². The fraction of sp³-hybridized carbons (Fsp3) is 0.409. The molecule has 10 nitrogen and oxygen atoms in total. The predicted octanol–water partition coefficient (Wildman–Crippen LogP) is 1.92. The summed E-state index contributed by atoms with van der Waals surface area (Å²) in [7, 11) is -2.02. The van der Waals surface area contributed by atoms with Gasteiger partial charge >= 0.3 is 0 Å². The number of carbonyl (C=O) groups excluding carboxylic acids is 1. The van der Waals surface area contributed by atoms with Crippen LogP contribution in [0.15, 0.2) is 29.2 Å². The van der Waals surface area contributed by atoms with Crippen LogP contribution in [0.25, 0.3) is 5.52 Å². The Bertz CT molecular complexity index is 1360. The second kappa shape index (κ2) is 9.36. The molecule has 0 unspecified atom stereocenters. The number of aryl methyl sites for hydroxylation is 1. The predicted molar refractivity (Wildman–Crippen MR) is 125 cm³/mol. The van der Waals surface area contributed by atoms with Crippen LogP contribution in [0, 0.1) is 13.8 Å². The lowest BCUT2D eigenvalue weighted by molar-refractivity contribution is 0.0951. The van der Waals surface area contributed by atoms with Crippen LogP contribution in [-0.4, -0.2) is 53.1 Å². The van der Waals surface area contributed by atoms with E-state index >= 15 is 0 Å². The van der Waals surface area contributed by atoms with Crippen LogP contribution < -0.4 is 15.6 Å². The number of H-pyrrole nitrogens is 1. The van der Waals surface area contributed by atoms with E-state index in [9.17, 15) is 18.0 Å². The molecule has 0 aliphatic rings. The highest BCUT2D eigenvalue weighted by atomic mass is 32.2. The zero-order valence-electron chi connectivity index (χ0n) is 19.6. The van der Waals surface area contributed by atoms with Gasteiger partial charge < -0.3 is 15.0 Å². The molecule has 1 amide bonds. The minimum atomic E-state index is -3.48. The smallest absolute Gasteiger partial charge is 0.256 e. The third kappa shape index (κ3) is 4.64. The van der Waals surface area contributed by atoms with Gasteiger partial charge in [0.05, 0.1) is 48.3 Å². The Morgan fingerprint density at radius 2 is 2.06 bits per heavy atom. The number of aromatic nitrogens is 3. The van der Waals surface area contributed by atoms with Crippen LogP contribution in [0.1, 0.15) is 52.8 Å². The van der Waals surface area contributed by atoms with Crippen LogP contribution in [0.2, 0.25) is 0 Å². The summed E-state index contributed by atoms with van der Waals surface area (Å²) in [4.78, 5) is 28.4. The summed E-state index contributed by atoms with van der Waals surface area (Å²) in [5, 5.41) is 7.17. The number of sulfonamides is 1. The van der Waals surface area contributed by atoms with Crippen molar-refractivity contribution in [3.63, 3.8) is 0 Å². The maximum atomic E-state index is 13.3. The number of ether oxygens (including phenoxy) is 1. The van der Waals surface area contributed by atoms with E-state index in [-0.39, 0.29) is 18.6 Å². The Balaban J connectivity index is 2.04. The average Bonchev–Trinajstić information content (AvgIpc) is 3.03. The Labute approximate surface area is 192 Å². The van der Waals surface area contributed by atoms with Crippen molar-refractivity contribution in [2.24, 2.45) is 0 Å². The van der Waals surface area contributed by atoms with E-state index in [4.69, 9.17) is 4.74 Å². The first kappa shape index (κ1) is 24.5. The van der Waals surface area contributed by atoms with Crippen LogP contribution in [0.3, 0.4) is 0 Å². The molecule has 178 valence electrons. The maximum Gasteiger partial charge on any atom is 0.256 e. The van der Waals surface area contributed by atoms with Crippen molar-refractivity contribution in [1.29, 1.82) is 0 Å². The van der Waals surface area contributed by atoms with E-state index in [0.29, 0.717) is 39.3 Å². The van der Waals surface area contributed by atoms with E-state index in [0.717, 1.165) is 6.26 Å². The average molecular weight is 476 g/mol. The molecule has 0 spiro atoms. The number of carbonyl (C=O) groups is 1. The molecule has 3 aromatic rings. The molecule has 0 aliphatic heterocycles. The molecule has 0 saturated heterocycles. The van der Waals surface area contributed by atoms with Crippen LogP contribution >= 0.6 is 0 Å². The summed E-state index contributed by atoms with van der Waals surface area (Å²) in [6.07, 6.45) is 2.74. The monoisotopic (exact) mass is 475 g/mol. The lowest BCUT2D eigenvalue weighted by Gasteiger charge is -2.26. The summed E-state index contributed by atoms with van der Waals surface area (Å²) in [6, 6.07) is 4.60. The largest absolute Gasteiger partial charge is 0.496 e. The first-order chi connectivity index (χ1) is 15.5. The minimum absolute atomic E-state index is 0.0377. The molecule has 0 aliphatic carbocycles. The van der Waals surface area contributed by atoms with Gasteiger partial charge in [0.25, 0.3) is 11.5 Å². The van der Waals surface area contributed by atoms with Crippen LogP contribution in [0.4, 0.5) is 0 Å². The Morgan fingerprint density at radius 3 is 2.67 bits per heavy atom. The molecule has 0 bridgehead atoms. The molecule has 3 aromatic heterocycles. The molecule has 11 heteroatoms. The molecule has 3 heterocycles. The van der Waals surface area contributed by atoms with Crippen molar-refractivity contribution in [3.8, 4) is 5.75 Å². The minimum Gasteiger partial charge on any atom is -0.496 e. The van der Waals surface area contributed by atoms with Gasteiger partial charge in [0, 0.05) is 18.4 Å². The molecule has 0 radical (unpaired) electrons. The molecule has 2 N–H and O–H groups in total. The lowest BCUT2D eigenvalue weighted by Crippen LogP contribution is -2.33. The molecule has 1 atom stereocenters. The molecule has 33 heavy (non-hydrogen) atoms. The zero-order chi connectivity index (χ0) is 24.5. The zero-order valence-corrected chi connectivity index (χ0v) is 20.4. The van der Waals surface area contributed by atoms with E-state index in [1.54, 1.807) is 56.6 Å². The SMILES string of the molecule is CCN([C@@H](C)c1c(C)c(C(=O)NCc2c(OC)cc(C)[nH]c2=O)c2cccnn12)S(C)(=O)=O.